The fourth-order valence-electron chi connectivity index (χ4n) is 3.02. The number of hydrogen-bond acceptors (Lipinski definition) is 5. The Morgan fingerprint density at radius 3 is 2.30 bits per heavy atom. The summed E-state index contributed by atoms with van der Waals surface area (Å²) in [4.78, 5) is 36.2. The Morgan fingerprint density at radius 1 is 0.967 bits per heavy atom. The van der Waals surface area contributed by atoms with Gasteiger partial charge < -0.3 is 4.42 Å². The number of hydrogen-bond donors (Lipinski definition) is 1. The molecule has 0 unspecified atom stereocenters. The fourth-order valence-corrected chi connectivity index (χ4v) is 3.28. The summed E-state index contributed by atoms with van der Waals surface area (Å²) in [6, 6.07) is 19.0. The van der Waals surface area contributed by atoms with E-state index >= 15 is 0 Å². The molecule has 1 heterocycles. The van der Waals surface area contributed by atoms with E-state index < -0.39 is 10.8 Å². The van der Waals surface area contributed by atoms with Gasteiger partial charge in [-0.15, -0.1) is 0 Å². The van der Waals surface area contributed by atoms with Crippen molar-refractivity contribution in [2.24, 2.45) is 0 Å². The summed E-state index contributed by atoms with van der Waals surface area (Å²) in [5.74, 6) is -0.550. The molecule has 0 aliphatic rings. The van der Waals surface area contributed by atoms with Crippen LogP contribution in [0.15, 0.2) is 86.5 Å². The number of non-ortho nitro benzene ring substituents is 1. The molecule has 0 radical (unpaired) electrons. The van der Waals surface area contributed by atoms with Gasteiger partial charge in [0.05, 0.1) is 15.9 Å². The molecular weight excluding hydrogens is 452 g/mol. The van der Waals surface area contributed by atoms with Gasteiger partial charge in [-0.05, 0) is 42.0 Å². The average Bonchev–Trinajstić information content (AvgIpc) is 2.75. The number of rotatable bonds is 4. The van der Waals surface area contributed by atoms with E-state index in [1.54, 1.807) is 48.5 Å². The number of anilines is 1. The minimum absolute atomic E-state index is 0.00405. The molecule has 0 saturated carbocycles. The maximum Gasteiger partial charge on any atom is 0.269 e. The molecule has 1 N–H and O–H groups in total. The topological polar surface area (TPSA) is 102 Å². The molecule has 30 heavy (non-hydrogen) atoms. The second-order valence-electron chi connectivity index (χ2n) is 6.40. The standard InChI is InChI=1S/C22H13BrN2O5/c23-15-9-5-13(6-10-15)19-20(26)17-3-1-2-4-18(17)30-22(19)24-21(27)14-7-11-16(12-8-14)25(28)29/h1-12H,(H,24,27). The highest BCUT2D eigenvalue weighted by Crippen LogP contribution is 2.30. The first-order valence-electron chi connectivity index (χ1n) is 8.81. The van der Waals surface area contributed by atoms with Crippen LogP contribution in [0.5, 0.6) is 0 Å². The van der Waals surface area contributed by atoms with Crippen molar-refractivity contribution in [2.75, 3.05) is 5.32 Å². The second kappa shape index (κ2) is 7.92. The second-order valence-corrected chi connectivity index (χ2v) is 7.31. The Bertz CT molecular complexity index is 1330. The van der Waals surface area contributed by atoms with E-state index in [4.69, 9.17) is 4.42 Å². The van der Waals surface area contributed by atoms with E-state index in [0.717, 1.165) is 4.47 Å². The third-order valence-electron chi connectivity index (χ3n) is 4.50. The summed E-state index contributed by atoms with van der Waals surface area (Å²) in [6.45, 7) is 0. The summed E-state index contributed by atoms with van der Waals surface area (Å²) in [5.41, 5.74) is 0.922. The summed E-state index contributed by atoms with van der Waals surface area (Å²) in [7, 11) is 0. The third-order valence-corrected chi connectivity index (χ3v) is 5.03. The van der Waals surface area contributed by atoms with Crippen LogP contribution in [0.25, 0.3) is 22.1 Å². The van der Waals surface area contributed by atoms with E-state index in [9.17, 15) is 19.7 Å². The van der Waals surface area contributed by atoms with Crippen molar-refractivity contribution in [1.82, 2.24) is 0 Å². The average molecular weight is 465 g/mol. The maximum atomic E-state index is 13.2. The molecule has 0 spiro atoms. The van der Waals surface area contributed by atoms with E-state index in [0.29, 0.717) is 16.5 Å². The molecule has 0 bridgehead atoms. The Balaban J connectivity index is 1.81. The zero-order valence-corrected chi connectivity index (χ0v) is 16.9. The van der Waals surface area contributed by atoms with Gasteiger partial charge in [-0.1, -0.05) is 40.2 Å². The Morgan fingerprint density at radius 2 is 1.63 bits per heavy atom. The predicted molar refractivity (Wildman–Crippen MR) is 117 cm³/mol. The Kier molecular flexibility index (Phi) is 5.16. The van der Waals surface area contributed by atoms with Crippen LogP contribution in [0.3, 0.4) is 0 Å². The van der Waals surface area contributed by atoms with Crippen molar-refractivity contribution in [3.8, 4) is 11.1 Å². The number of nitro groups is 1. The molecule has 0 aliphatic carbocycles. The maximum absolute atomic E-state index is 13.2. The molecule has 1 aromatic heterocycles. The lowest BCUT2D eigenvalue weighted by atomic mass is 10.0. The fraction of sp³-hybridized carbons (Fsp3) is 0. The quantitative estimate of drug-likeness (QED) is 0.322. The van der Waals surface area contributed by atoms with Crippen LogP contribution >= 0.6 is 15.9 Å². The van der Waals surface area contributed by atoms with Crippen molar-refractivity contribution in [1.29, 1.82) is 0 Å². The SMILES string of the molecule is O=C(Nc1oc2ccccc2c(=O)c1-c1ccc(Br)cc1)c1ccc([N+](=O)[O-])cc1. The molecule has 4 aromatic rings. The lowest BCUT2D eigenvalue weighted by Crippen LogP contribution is -2.16. The van der Waals surface area contributed by atoms with Gasteiger partial charge in [0.25, 0.3) is 11.6 Å². The zero-order valence-electron chi connectivity index (χ0n) is 15.3. The van der Waals surface area contributed by atoms with Crippen LogP contribution in [0, 0.1) is 10.1 Å². The van der Waals surface area contributed by atoms with Crippen molar-refractivity contribution in [3.63, 3.8) is 0 Å². The van der Waals surface area contributed by atoms with Gasteiger partial charge in [-0.2, -0.15) is 0 Å². The first-order chi connectivity index (χ1) is 14.4. The van der Waals surface area contributed by atoms with Crippen LogP contribution in [-0.4, -0.2) is 10.8 Å². The highest BCUT2D eigenvalue weighted by molar-refractivity contribution is 9.10. The molecule has 3 aromatic carbocycles. The minimum atomic E-state index is -0.554. The molecule has 7 nitrogen and oxygen atoms in total. The van der Waals surface area contributed by atoms with E-state index in [2.05, 4.69) is 21.2 Å². The number of halogens is 1. The van der Waals surface area contributed by atoms with E-state index in [1.807, 2.05) is 0 Å². The van der Waals surface area contributed by atoms with Crippen LogP contribution < -0.4 is 10.7 Å². The summed E-state index contributed by atoms with van der Waals surface area (Å²) in [5, 5.41) is 13.8. The number of carbonyl (C=O) groups is 1. The lowest BCUT2D eigenvalue weighted by Gasteiger charge is -2.11. The van der Waals surface area contributed by atoms with Crippen LogP contribution in [-0.2, 0) is 0 Å². The first kappa shape index (κ1) is 19.5. The molecule has 0 fully saturated rings. The Hall–Kier alpha value is -3.78. The summed E-state index contributed by atoms with van der Waals surface area (Å²) in [6.07, 6.45) is 0. The number of para-hydroxylation sites is 1. The minimum Gasteiger partial charge on any atom is -0.439 e. The highest BCUT2D eigenvalue weighted by atomic mass is 79.9. The highest BCUT2D eigenvalue weighted by Gasteiger charge is 2.19. The number of carbonyl (C=O) groups excluding carboxylic acids is 1. The van der Waals surface area contributed by atoms with Gasteiger partial charge in [0.1, 0.15) is 5.58 Å². The van der Waals surface area contributed by atoms with Gasteiger partial charge in [-0.25, -0.2) is 0 Å². The van der Waals surface area contributed by atoms with Gasteiger partial charge in [0.2, 0.25) is 11.3 Å². The first-order valence-corrected chi connectivity index (χ1v) is 9.61. The lowest BCUT2D eigenvalue weighted by molar-refractivity contribution is -0.384. The van der Waals surface area contributed by atoms with Gasteiger partial charge >= 0.3 is 0 Å². The van der Waals surface area contributed by atoms with Gasteiger partial charge in [0, 0.05) is 22.2 Å². The number of amides is 1. The molecule has 0 atom stereocenters. The molecule has 0 aliphatic heterocycles. The van der Waals surface area contributed by atoms with Crippen molar-refractivity contribution < 1.29 is 14.1 Å². The Labute approximate surface area is 178 Å². The summed E-state index contributed by atoms with van der Waals surface area (Å²) >= 11 is 3.36. The molecule has 4 rings (SSSR count). The number of benzene rings is 3. The van der Waals surface area contributed by atoms with E-state index in [1.165, 1.54) is 24.3 Å². The van der Waals surface area contributed by atoms with Crippen LogP contribution in [0.1, 0.15) is 10.4 Å². The van der Waals surface area contributed by atoms with Gasteiger partial charge in [0.15, 0.2) is 0 Å². The predicted octanol–water partition coefficient (Wildman–Crippen LogP) is 5.38. The smallest absolute Gasteiger partial charge is 0.269 e. The molecule has 8 heteroatoms. The molecule has 148 valence electrons. The number of nitro benzene ring substituents is 1. The summed E-state index contributed by atoms with van der Waals surface area (Å²) < 4.78 is 6.70. The van der Waals surface area contributed by atoms with Crippen LogP contribution in [0.4, 0.5) is 11.6 Å². The monoisotopic (exact) mass is 464 g/mol. The number of fused-ring (bicyclic) bond motifs is 1. The van der Waals surface area contributed by atoms with Gasteiger partial charge in [-0.3, -0.25) is 25.0 Å². The van der Waals surface area contributed by atoms with Crippen molar-refractivity contribution in [3.05, 3.63) is 103 Å². The third kappa shape index (κ3) is 3.72. The normalized spacial score (nSPS) is 10.7. The number of nitrogens with one attached hydrogen (secondary N) is 1. The molecular formula is C22H13BrN2O5. The number of nitrogens with zero attached hydrogens (tertiary/aromatic N) is 1. The molecule has 1 amide bonds. The largest absolute Gasteiger partial charge is 0.439 e. The zero-order chi connectivity index (χ0) is 21.3. The molecule has 0 saturated heterocycles. The van der Waals surface area contributed by atoms with Crippen molar-refractivity contribution in [2.45, 2.75) is 0 Å². The van der Waals surface area contributed by atoms with E-state index in [-0.39, 0.29) is 28.1 Å². The van der Waals surface area contributed by atoms with Crippen molar-refractivity contribution >= 4 is 44.4 Å². The van der Waals surface area contributed by atoms with Crippen LogP contribution in [0.2, 0.25) is 0 Å².